The number of hydrogen-bond donors (Lipinski definition) is 0. The van der Waals surface area contributed by atoms with Crippen LogP contribution in [-0.4, -0.2) is 4.98 Å². The molecule has 2 heteroatoms. The Hall–Kier alpha value is -0.820. The molecule has 88 valence electrons. The van der Waals surface area contributed by atoms with Crippen LogP contribution in [0.1, 0.15) is 47.1 Å². The molecule has 0 saturated heterocycles. The molecule has 0 aliphatic rings. The molecule has 15 heavy (non-hydrogen) atoms. The topological polar surface area (TPSA) is 12.9 Å². The molecule has 1 heterocycles. The van der Waals surface area contributed by atoms with Crippen molar-refractivity contribution in [1.29, 1.82) is 0 Å². The molecule has 0 N–H and O–H groups in total. The summed E-state index contributed by atoms with van der Waals surface area (Å²) in [4.78, 5) is 3.84. The highest BCUT2D eigenvalue weighted by Gasteiger charge is 1.85. The highest BCUT2D eigenvalue weighted by atomic mass is 35.5. The van der Waals surface area contributed by atoms with Crippen molar-refractivity contribution in [2.75, 3.05) is 0 Å². The predicted octanol–water partition coefficient (Wildman–Crippen LogP) is 5.46. The maximum absolute atomic E-state index is 5.52. The van der Waals surface area contributed by atoms with Crippen molar-refractivity contribution < 1.29 is 0 Å². The minimum atomic E-state index is 0.514. The molecule has 1 aromatic rings. The summed E-state index contributed by atoms with van der Waals surface area (Å²) in [7, 11) is 0. The first-order chi connectivity index (χ1) is 7.33. The van der Waals surface area contributed by atoms with Crippen molar-refractivity contribution in [3.05, 3.63) is 35.6 Å². The van der Waals surface area contributed by atoms with E-state index in [4.69, 9.17) is 11.6 Å². The van der Waals surface area contributed by atoms with Crippen LogP contribution < -0.4 is 0 Å². The Kier molecular flexibility index (Phi) is 24.8. The molecule has 0 bridgehead atoms. The summed E-state index contributed by atoms with van der Waals surface area (Å²) < 4.78 is 0. The fourth-order valence-corrected chi connectivity index (χ4v) is 0.620. The second-order valence-corrected chi connectivity index (χ2v) is 2.01. The molecule has 1 aromatic heterocycles. The molecule has 0 atom stereocenters. The number of aromatic nitrogens is 1. The number of nitrogens with zero attached hydrogens (tertiary/aromatic N) is 1. The van der Waals surface area contributed by atoms with Gasteiger partial charge in [-0.1, -0.05) is 71.9 Å². The van der Waals surface area contributed by atoms with Crippen LogP contribution in [0.5, 0.6) is 0 Å². The number of rotatable bonds is 1. The van der Waals surface area contributed by atoms with E-state index in [-0.39, 0.29) is 0 Å². The molecule has 0 fully saturated rings. The minimum absolute atomic E-state index is 0.514. The van der Waals surface area contributed by atoms with E-state index in [1.807, 2.05) is 47.6 Å². The van der Waals surface area contributed by atoms with Gasteiger partial charge in [0.25, 0.3) is 0 Å². The van der Waals surface area contributed by atoms with Gasteiger partial charge < -0.3 is 0 Å². The van der Waals surface area contributed by atoms with Crippen LogP contribution in [0.3, 0.4) is 0 Å². The first-order valence-electron chi connectivity index (χ1n) is 5.57. The largest absolute Gasteiger partial charge is 0.244 e. The van der Waals surface area contributed by atoms with Gasteiger partial charge >= 0.3 is 0 Å². The lowest BCUT2D eigenvalue weighted by molar-refractivity contribution is 1.32. The second kappa shape index (κ2) is 18.9. The summed E-state index contributed by atoms with van der Waals surface area (Å²) >= 11 is 5.52. The normalized spacial score (nSPS) is 6.60. The fraction of sp³-hybridized carbons (Fsp3) is 0.462. The van der Waals surface area contributed by atoms with Gasteiger partial charge in [-0.15, -0.1) is 0 Å². The van der Waals surface area contributed by atoms with E-state index < -0.39 is 0 Å². The van der Waals surface area contributed by atoms with Gasteiger partial charge in [-0.05, 0) is 11.6 Å². The summed E-state index contributed by atoms with van der Waals surface area (Å²) in [5.41, 5.74) is 0.986. The van der Waals surface area contributed by atoms with E-state index in [1.54, 1.807) is 18.3 Å². The molecule has 1 rings (SSSR count). The van der Waals surface area contributed by atoms with E-state index in [2.05, 4.69) is 11.6 Å². The first kappa shape index (κ1) is 19.7. The molecule has 1 nitrogen and oxygen atoms in total. The lowest BCUT2D eigenvalue weighted by Crippen LogP contribution is -1.74. The Bertz CT molecular complexity index is 204. The number of pyridine rings is 1. The Labute approximate surface area is 100 Å². The molecule has 0 amide bonds. The van der Waals surface area contributed by atoms with Crippen molar-refractivity contribution >= 4 is 17.7 Å². The molecule has 0 unspecified atom stereocenters. The molecule has 0 saturated carbocycles. The van der Waals surface area contributed by atoms with Crippen LogP contribution in [0.4, 0.5) is 0 Å². The van der Waals surface area contributed by atoms with E-state index in [1.165, 1.54) is 0 Å². The highest BCUT2D eigenvalue weighted by Crippen LogP contribution is 2.04. The van der Waals surface area contributed by atoms with Gasteiger partial charge in [0.2, 0.25) is 0 Å². The van der Waals surface area contributed by atoms with Gasteiger partial charge in [0.1, 0.15) is 5.15 Å². The van der Waals surface area contributed by atoms with Crippen LogP contribution in [0, 0.1) is 0 Å². The first-order valence-corrected chi connectivity index (χ1v) is 5.95. The molecular formula is C13H24ClN. The summed E-state index contributed by atoms with van der Waals surface area (Å²) in [6, 6.07) is 3.60. The Morgan fingerprint density at radius 3 is 1.80 bits per heavy atom. The van der Waals surface area contributed by atoms with Gasteiger partial charge in [-0.3, -0.25) is 0 Å². The molecule has 0 spiro atoms. The number of hydrogen-bond acceptors (Lipinski definition) is 1. The number of halogens is 1. The SMILES string of the molecule is C=Cc1ccc(Cl)nc1.CC.CC.CC. The summed E-state index contributed by atoms with van der Waals surface area (Å²) in [5.74, 6) is 0. The van der Waals surface area contributed by atoms with Gasteiger partial charge in [0, 0.05) is 6.20 Å². The average Bonchev–Trinajstić information content (AvgIpc) is 2.38. The summed E-state index contributed by atoms with van der Waals surface area (Å²) in [5, 5.41) is 0.514. The van der Waals surface area contributed by atoms with Crippen molar-refractivity contribution in [2.24, 2.45) is 0 Å². The van der Waals surface area contributed by atoms with Crippen molar-refractivity contribution in [2.45, 2.75) is 41.5 Å². The van der Waals surface area contributed by atoms with Crippen LogP contribution in [-0.2, 0) is 0 Å². The Morgan fingerprint density at radius 1 is 1.07 bits per heavy atom. The quantitative estimate of drug-likeness (QED) is 0.583. The monoisotopic (exact) mass is 229 g/mol. The minimum Gasteiger partial charge on any atom is -0.244 e. The molecule has 0 aliphatic heterocycles. The van der Waals surface area contributed by atoms with Crippen molar-refractivity contribution in [1.82, 2.24) is 4.98 Å². The van der Waals surface area contributed by atoms with E-state index in [9.17, 15) is 0 Å². The predicted molar refractivity (Wildman–Crippen MR) is 73.4 cm³/mol. The third kappa shape index (κ3) is 13.2. The van der Waals surface area contributed by atoms with Crippen LogP contribution in [0.15, 0.2) is 24.9 Å². The fourth-order valence-electron chi connectivity index (χ4n) is 0.508. The second-order valence-electron chi connectivity index (χ2n) is 1.62. The van der Waals surface area contributed by atoms with Crippen molar-refractivity contribution in [3.63, 3.8) is 0 Å². The molecule has 0 aromatic carbocycles. The zero-order chi connectivity index (χ0) is 12.7. The van der Waals surface area contributed by atoms with Gasteiger partial charge in [0.05, 0.1) is 0 Å². The van der Waals surface area contributed by atoms with Gasteiger partial charge in [0.15, 0.2) is 0 Å². The maximum atomic E-state index is 5.52. The van der Waals surface area contributed by atoms with Crippen LogP contribution in [0.2, 0.25) is 5.15 Å². The molecular weight excluding hydrogens is 206 g/mol. The van der Waals surface area contributed by atoms with Crippen LogP contribution >= 0.6 is 11.6 Å². The summed E-state index contributed by atoms with van der Waals surface area (Å²) in [6.45, 7) is 15.6. The zero-order valence-electron chi connectivity index (χ0n) is 10.8. The Balaban J connectivity index is -0.000000208. The van der Waals surface area contributed by atoms with Gasteiger partial charge in [-0.25, -0.2) is 4.98 Å². The smallest absolute Gasteiger partial charge is 0.129 e. The van der Waals surface area contributed by atoms with E-state index >= 15 is 0 Å². The standard InChI is InChI=1S/C7H6ClN.3C2H6/c1-2-6-3-4-7(8)9-5-6;3*1-2/h2-5H,1H2;3*1-2H3. The van der Waals surface area contributed by atoms with Crippen molar-refractivity contribution in [3.8, 4) is 0 Å². The highest BCUT2D eigenvalue weighted by molar-refractivity contribution is 6.29. The van der Waals surface area contributed by atoms with E-state index in [0.29, 0.717) is 5.15 Å². The third-order valence-electron chi connectivity index (χ3n) is 0.986. The lowest BCUT2D eigenvalue weighted by atomic mass is 10.3. The van der Waals surface area contributed by atoms with E-state index in [0.717, 1.165) is 5.56 Å². The lowest BCUT2D eigenvalue weighted by Gasteiger charge is -1.89. The average molecular weight is 230 g/mol. The maximum Gasteiger partial charge on any atom is 0.129 e. The zero-order valence-corrected chi connectivity index (χ0v) is 11.6. The third-order valence-corrected chi connectivity index (χ3v) is 1.21. The summed E-state index contributed by atoms with van der Waals surface area (Å²) in [6.07, 6.45) is 3.40. The molecule has 0 aliphatic carbocycles. The Morgan fingerprint density at radius 2 is 1.53 bits per heavy atom. The molecule has 0 radical (unpaired) electrons. The van der Waals surface area contributed by atoms with Crippen LogP contribution in [0.25, 0.3) is 6.08 Å². The van der Waals surface area contributed by atoms with Gasteiger partial charge in [-0.2, -0.15) is 0 Å².